The fourth-order valence-corrected chi connectivity index (χ4v) is 3.37. The Morgan fingerprint density at radius 1 is 1.40 bits per heavy atom. The molecular formula is C18H21ClN4O2. The first-order chi connectivity index (χ1) is 11.9. The number of halogens is 1. The highest BCUT2D eigenvalue weighted by atomic mass is 35.5. The molecule has 0 radical (unpaired) electrons. The molecule has 1 saturated heterocycles. The first-order valence-electron chi connectivity index (χ1n) is 8.25. The Morgan fingerprint density at radius 2 is 2.20 bits per heavy atom. The molecule has 3 rings (SSSR count). The van der Waals surface area contributed by atoms with Crippen LogP contribution in [0.15, 0.2) is 24.3 Å². The van der Waals surface area contributed by atoms with Crippen LogP contribution in [0, 0.1) is 6.92 Å². The summed E-state index contributed by atoms with van der Waals surface area (Å²) in [7, 11) is 0. The summed E-state index contributed by atoms with van der Waals surface area (Å²) in [6, 6.07) is 7.31. The molecule has 6 nitrogen and oxygen atoms in total. The minimum atomic E-state index is 0.0976. The molecule has 1 aromatic heterocycles. The van der Waals surface area contributed by atoms with Gasteiger partial charge in [-0.05, 0) is 43.2 Å². The number of hydrogen-bond donors (Lipinski definition) is 2. The molecule has 1 amide bonds. The van der Waals surface area contributed by atoms with Crippen LogP contribution in [0.25, 0.3) is 11.3 Å². The van der Waals surface area contributed by atoms with E-state index in [1.807, 2.05) is 24.0 Å². The lowest BCUT2D eigenvalue weighted by atomic mass is 10.0. The number of carbonyl (C=O) groups excluding carboxylic acids is 1. The normalized spacial score (nSPS) is 17.1. The summed E-state index contributed by atoms with van der Waals surface area (Å²) in [6.07, 6.45) is 0.947. The highest BCUT2D eigenvalue weighted by molar-refractivity contribution is 6.31. The monoisotopic (exact) mass is 360 g/mol. The number of phenolic OH excluding ortho intramolecular Hbond substituents is 1. The Bertz CT molecular complexity index is 756. The lowest BCUT2D eigenvalue weighted by Gasteiger charge is -2.15. The molecule has 0 unspecified atom stereocenters. The number of nitrogens with one attached hydrogen (secondary N) is 1. The molecule has 0 bridgehead atoms. The molecule has 1 aliphatic rings. The van der Waals surface area contributed by atoms with Gasteiger partial charge in [-0.2, -0.15) is 10.2 Å². The second-order valence-electron chi connectivity index (χ2n) is 6.36. The molecule has 1 atom stereocenters. The number of carbonyl (C=O) groups is 1. The van der Waals surface area contributed by atoms with Crippen molar-refractivity contribution in [2.24, 2.45) is 0 Å². The largest absolute Gasteiger partial charge is 0.507 e. The Hall–Kier alpha value is -2.18. The van der Waals surface area contributed by atoms with Gasteiger partial charge in [0, 0.05) is 43.2 Å². The molecule has 0 spiro atoms. The standard InChI is InChI=1S/C18H21ClN4O2/c1-11-7-13(19)8-17(25)18(11)16-4-3-14(21-22-16)9-20-15-5-6-23(10-15)12(2)24/h3-4,7-8,15,20,25H,5-6,9-10H2,1-2H3/t15-/m1/s1. The minimum Gasteiger partial charge on any atom is -0.507 e. The number of aromatic hydroxyl groups is 1. The first-order valence-corrected chi connectivity index (χ1v) is 8.63. The number of rotatable bonds is 4. The third kappa shape index (κ3) is 4.08. The number of aromatic nitrogens is 2. The van der Waals surface area contributed by atoms with Crippen LogP contribution in [-0.2, 0) is 11.3 Å². The van der Waals surface area contributed by atoms with Gasteiger partial charge in [0.05, 0.1) is 11.4 Å². The van der Waals surface area contributed by atoms with Crippen molar-refractivity contribution in [2.45, 2.75) is 32.9 Å². The molecule has 132 valence electrons. The summed E-state index contributed by atoms with van der Waals surface area (Å²) in [5.41, 5.74) is 2.92. The molecule has 0 aliphatic carbocycles. The van der Waals surface area contributed by atoms with Crippen molar-refractivity contribution in [3.63, 3.8) is 0 Å². The van der Waals surface area contributed by atoms with Gasteiger partial charge in [-0.25, -0.2) is 0 Å². The van der Waals surface area contributed by atoms with Gasteiger partial charge < -0.3 is 15.3 Å². The van der Waals surface area contributed by atoms with E-state index >= 15 is 0 Å². The van der Waals surface area contributed by atoms with Crippen LogP contribution in [0.1, 0.15) is 24.6 Å². The zero-order chi connectivity index (χ0) is 18.0. The summed E-state index contributed by atoms with van der Waals surface area (Å²) in [5, 5.41) is 22.5. The van der Waals surface area contributed by atoms with Gasteiger partial charge in [-0.3, -0.25) is 4.79 Å². The highest BCUT2D eigenvalue weighted by Gasteiger charge is 2.23. The van der Waals surface area contributed by atoms with Gasteiger partial charge in [0.25, 0.3) is 0 Å². The van der Waals surface area contributed by atoms with E-state index in [4.69, 9.17) is 11.6 Å². The van der Waals surface area contributed by atoms with Gasteiger partial charge in [0.1, 0.15) is 5.75 Å². The van der Waals surface area contributed by atoms with Crippen LogP contribution in [0.5, 0.6) is 5.75 Å². The average molecular weight is 361 g/mol. The summed E-state index contributed by atoms with van der Waals surface area (Å²) in [5.74, 6) is 0.215. The molecule has 1 aromatic carbocycles. The van der Waals surface area contributed by atoms with Gasteiger partial charge in [0.2, 0.25) is 5.91 Å². The zero-order valence-electron chi connectivity index (χ0n) is 14.3. The Morgan fingerprint density at radius 3 is 2.80 bits per heavy atom. The number of phenols is 1. The molecule has 1 fully saturated rings. The van der Waals surface area contributed by atoms with Crippen LogP contribution in [0.3, 0.4) is 0 Å². The van der Waals surface area contributed by atoms with Crippen molar-refractivity contribution < 1.29 is 9.90 Å². The zero-order valence-corrected chi connectivity index (χ0v) is 15.0. The van der Waals surface area contributed by atoms with E-state index < -0.39 is 0 Å². The Balaban J connectivity index is 1.64. The van der Waals surface area contributed by atoms with Crippen molar-refractivity contribution in [2.75, 3.05) is 13.1 Å². The van der Waals surface area contributed by atoms with Gasteiger partial charge >= 0.3 is 0 Å². The van der Waals surface area contributed by atoms with E-state index in [2.05, 4.69) is 15.5 Å². The smallest absolute Gasteiger partial charge is 0.219 e. The van der Waals surface area contributed by atoms with Crippen molar-refractivity contribution in [3.05, 3.63) is 40.5 Å². The summed E-state index contributed by atoms with van der Waals surface area (Å²) in [6.45, 7) is 5.60. The van der Waals surface area contributed by atoms with Crippen LogP contribution in [0.2, 0.25) is 5.02 Å². The molecular weight excluding hydrogens is 340 g/mol. The van der Waals surface area contributed by atoms with Crippen LogP contribution in [-0.4, -0.2) is 45.2 Å². The molecule has 1 aliphatic heterocycles. The highest BCUT2D eigenvalue weighted by Crippen LogP contribution is 2.33. The van der Waals surface area contributed by atoms with Crippen LogP contribution < -0.4 is 5.32 Å². The van der Waals surface area contributed by atoms with Gasteiger partial charge in [-0.15, -0.1) is 0 Å². The molecule has 25 heavy (non-hydrogen) atoms. The fraction of sp³-hybridized carbons (Fsp3) is 0.389. The van der Waals surface area contributed by atoms with E-state index in [9.17, 15) is 9.90 Å². The third-order valence-corrected chi connectivity index (χ3v) is 4.68. The van der Waals surface area contributed by atoms with Gasteiger partial charge in [-0.1, -0.05) is 11.6 Å². The molecule has 2 aromatic rings. The predicted molar refractivity (Wildman–Crippen MR) is 96.4 cm³/mol. The van der Waals surface area contributed by atoms with E-state index in [0.29, 0.717) is 22.8 Å². The molecule has 2 N–H and O–H groups in total. The fourth-order valence-electron chi connectivity index (χ4n) is 3.11. The van der Waals surface area contributed by atoms with Crippen molar-refractivity contribution >= 4 is 17.5 Å². The number of amides is 1. The number of likely N-dealkylation sites (tertiary alicyclic amines) is 1. The lowest BCUT2D eigenvalue weighted by Crippen LogP contribution is -2.34. The van der Waals surface area contributed by atoms with E-state index in [1.54, 1.807) is 13.0 Å². The molecule has 2 heterocycles. The first kappa shape index (κ1) is 17.6. The van der Waals surface area contributed by atoms with E-state index in [0.717, 1.165) is 30.8 Å². The SMILES string of the molecule is CC(=O)N1CC[C@@H](NCc2ccc(-c3c(C)cc(Cl)cc3O)nn2)C1. The predicted octanol–water partition coefficient (Wildman–Crippen LogP) is 2.52. The minimum absolute atomic E-state index is 0.0976. The number of hydrogen-bond acceptors (Lipinski definition) is 5. The lowest BCUT2D eigenvalue weighted by molar-refractivity contribution is -0.127. The van der Waals surface area contributed by atoms with Gasteiger partial charge in [0.15, 0.2) is 0 Å². The van der Waals surface area contributed by atoms with Crippen LogP contribution in [0.4, 0.5) is 0 Å². The quantitative estimate of drug-likeness (QED) is 0.876. The average Bonchev–Trinajstić information content (AvgIpc) is 3.02. The summed E-state index contributed by atoms with van der Waals surface area (Å²) in [4.78, 5) is 13.2. The maximum Gasteiger partial charge on any atom is 0.219 e. The number of benzene rings is 1. The summed E-state index contributed by atoms with van der Waals surface area (Å²) >= 11 is 5.94. The Kier molecular flexibility index (Phi) is 5.20. The Labute approximate surface area is 151 Å². The molecule has 7 heteroatoms. The second-order valence-corrected chi connectivity index (χ2v) is 6.79. The number of nitrogens with zero attached hydrogens (tertiary/aromatic N) is 3. The van der Waals surface area contributed by atoms with E-state index in [1.165, 1.54) is 6.07 Å². The third-order valence-electron chi connectivity index (χ3n) is 4.46. The molecule has 0 saturated carbocycles. The maximum absolute atomic E-state index is 11.4. The van der Waals surface area contributed by atoms with Crippen LogP contribution >= 0.6 is 11.6 Å². The van der Waals surface area contributed by atoms with E-state index in [-0.39, 0.29) is 17.7 Å². The maximum atomic E-state index is 11.4. The number of aryl methyl sites for hydroxylation is 1. The topological polar surface area (TPSA) is 78.4 Å². The van der Waals surface area contributed by atoms with Crippen molar-refractivity contribution in [3.8, 4) is 17.0 Å². The second kappa shape index (κ2) is 7.37. The van der Waals surface area contributed by atoms with Crippen molar-refractivity contribution in [1.29, 1.82) is 0 Å². The summed E-state index contributed by atoms with van der Waals surface area (Å²) < 4.78 is 0. The van der Waals surface area contributed by atoms with Crippen molar-refractivity contribution in [1.82, 2.24) is 20.4 Å².